The minimum absolute atomic E-state index is 0.00227. The van der Waals surface area contributed by atoms with E-state index in [0.29, 0.717) is 5.82 Å². The molecule has 264 valence electrons. The van der Waals surface area contributed by atoms with Gasteiger partial charge in [0.1, 0.15) is 0 Å². The quantitative estimate of drug-likeness (QED) is 0.198. The lowest BCUT2D eigenvalue weighted by molar-refractivity contribution is 0.426. The van der Waals surface area contributed by atoms with Gasteiger partial charge in [-0.25, -0.2) is 9.97 Å². The van der Waals surface area contributed by atoms with Gasteiger partial charge in [0.25, 0.3) is 0 Å². The molecule has 0 unspecified atom stereocenters. The third kappa shape index (κ3) is 6.54. The van der Waals surface area contributed by atoms with Gasteiger partial charge in [0.2, 0.25) is 0 Å². The third-order valence-electron chi connectivity index (χ3n) is 11.5. The van der Waals surface area contributed by atoms with Crippen LogP contribution in [0.1, 0.15) is 99.8 Å². The van der Waals surface area contributed by atoms with Crippen molar-refractivity contribution in [2.75, 3.05) is 0 Å². The molecule has 3 aliphatic rings. The molecule has 0 radical (unpaired) electrons. The monoisotopic (exact) mass is 731 g/mol. The molecule has 0 fully saturated rings. The first-order valence-electron chi connectivity index (χ1n) is 17.8. The molecule has 0 spiro atoms. The van der Waals surface area contributed by atoms with Crippen molar-refractivity contribution < 1.29 is 0 Å². The van der Waals surface area contributed by atoms with Crippen molar-refractivity contribution in [1.29, 1.82) is 0 Å². The fourth-order valence-corrected chi connectivity index (χ4v) is 9.88. The van der Waals surface area contributed by atoms with Crippen LogP contribution in [0, 0.1) is 0 Å². The number of hydrogen-bond acceptors (Lipinski definition) is 8. The Morgan fingerprint density at radius 2 is 0.667 bits per heavy atom. The second kappa shape index (κ2) is 12.2. The summed E-state index contributed by atoms with van der Waals surface area (Å²) in [6.07, 6.45) is 0. The first-order valence-corrected chi connectivity index (χ1v) is 20.2. The molecular weight excluding hydrogens is 683 g/mol. The van der Waals surface area contributed by atoms with E-state index in [1.165, 1.54) is 0 Å². The maximum absolute atomic E-state index is 5.25. The average molecular weight is 732 g/mol. The molecule has 4 heterocycles. The van der Waals surface area contributed by atoms with Gasteiger partial charge < -0.3 is 0 Å². The molecule has 0 bridgehead atoms. The van der Waals surface area contributed by atoms with Crippen LogP contribution in [0.2, 0.25) is 0 Å². The summed E-state index contributed by atoms with van der Waals surface area (Å²) in [6.45, 7) is 27.0. The van der Waals surface area contributed by atoms with Crippen LogP contribution in [0.3, 0.4) is 0 Å². The molecule has 51 heavy (non-hydrogen) atoms. The zero-order valence-electron chi connectivity index (χ0n) is 32.0. The normalized spacial score (nSPS) is 22.0. The standard InChI is InChI=1S/C43H49N5S3/c1-38(2)41(7,8)49-35(46-38)29-19-13-16-26(22-29)32-25-33(27-17-14-20-30(23-27)36-47-39(3,4)42(9,10)50-36)45-34(44-32)28-18-15-21-31(24-28)37-48-40(5,6)43(11,12)51-37/h13-25H,1-12H3. The van der Waals surface area contributed by atoms with Crippen LogP contribution < -0.4 is 0 Å². The molecule has 0 aliphatic carbocycles. The van der Waals surface area contributed by atoms with Crippen molar-refractivity contribution >= 4 is 50.4 Å². The number of rotatable bonds is 6. The molecule has 0 saturated carbocycles. The molecule has 0 amide bonds. The van der Waals surface area contributed by atoms with Gasteiger partial charge in [-0.2, -0.15) is 0 Å². The van der Waals surface area contributed by atoms with Crippen molar-refractivity contribution in [3.8, 4) is 33.9 Å². The van der Waals surface area contributed by atoms with Crippen molar-refractivity contribution in [2.45, 2.75) is 114 Å². The van der Waals surface area contributed by atoms with Gasteiger partial charge in [0.05, 0.1) is 43.1 Å². The molecule has 3 aliphatic heterocycles. The van der Waals surface area contributed by atoms with E-state index in [4.69, 9.17) is 24.9 Å². The number of nitrogens with zero attached hydrogens (tertiary/aromatic N) is 5. The molecule has 8 heteroatoms. The zero-order chi connectivity index (χ0) is 36.8. The topological polar surface area (TPSA) is 62.9 Å². The minimum atomic E-state index is -0.165. The Morgan fingerprint density at radius 3 is 0.980 bits per heavy atom. The van der Waals surface area contributed by atoms with Crippen LogP contribution in [-0.2, 0) is 0 Å². The largest absolute Gasteiger partial charge is 0.270 e. The number of thioether (sulfide) groups is 3. The Kier molecular flexibility index (Phi) is 8.63. The highest BCUT2D eigenvalue weighted by Crippen LogP contribution is 2.49. The van der Waals surface area contributed by atoms with Crippen molar-refractivity contribution in [3.05, 3.63) is 95.6 Å². The molecule has 3 aromatic carbocycles. The maximum atomic E-state index is 5.25. The summed E-state index contributed by atoms with van der Waals surface area (Å²) in [4.78, 5) is 26.0. The number of benzene rings is 3. The Hall–Kier alpha value is -3.20. The molecule has 0 atom stereocenters. The first kappa shape index (κ1) is 36.2. The molecule has 0 saturated heterocycles. The molecule has 4 aromatic rings. The third-order valence-corrected chi connectivity index (χ3v) is 16.1. The van der Waals surface area contributed by atoms with E-state index < -0.39 is 0 Å². The van der Waals surface area contributed by atoms with Crippen molar-refractivity contribution in [3.63, 3.8) is 0 Å². The van der Waals surface area contributed by atoms with Crippen molar-refractivity contribution in [1.82, 2.24) is 9.97 Å². The number of aliphatic imine (C=N–C) groups is 3. The van der Waals surface area contributed by atoms with Gasteiger partial charge >= 0.3 is 0 Å². The minimum Gasteiger partial charge on any atom is -0.270 e. The Balaban J connectivity index is 1.35. The fourth-order valence-electron chi connectivity index (χ4n) is 5.99. The van der Waals surface area contributed by atoms with Gasteiger partial charge in [-0.3, -0.25) is 15.0 Å². The molecular formula is C43H49N5S3. The predicted octanol–water partition coefficient (Wildman–Crippen LogP) is 11.6. The molecule has 1 aromatic heterocycles. The van der Waals surface area contributed by atoms with Gasteiger partial charge in [-0.1, -0.05) is 89.9 Å². The van der Waals surface area contributed by atoms with E-state index in [2.05, 4.69) is 162 Å². The van der Waals surface area contributed by atoms with Crippen molar-refractivity contribution in [2.24, 2.45) is 15.0 Å². The summed E-state index contributed by atoms with van der Waals surface area (Å²) in [7, 11) is 0. The van der Waals surface area contributed by atoms with E-state index in [1.54, 1.807) is 0 Å². The summed E-state index contributed by atoms with van der Waals surface area (Å²) in [5.74, 6) is 0.687. The Morgan fingerprint density at radius 1 is 0.373 bits per heavy atom. The summed E-state index contributed by atoms with van der Waals surface area (Å²) < 4.78 is 0.00117. The maximum Gasteiger partial charge on any atom is 0.160 e. The zero-order valence-corrected chi connectivity index (χ0v) is 34.4. The molecule has 0 N–H and O–H groups in total. The van der Waals surface area contributed by atoms with E-state index in [-0.39, 0.29) is 30.9 Å². The second-order valence-corrected chi connectivity index (χ2v) is 21.8. The van der Waals surface area contributed by atoms with Crippen LogP contribution in [0.25, 0.3) is 33.9 Å². The Bertz CT molecular complexity index is 1900. The lowest BCUT2D eigenvalue weighted by atomic mass is 9.90. The average Bonchev–Trinajstić information content (AvgIpc) is 3.54. The summed E-state index contributed by atoms with van der Waals surface area (Å²) in [5, 5.41) is 3.20. The van der Waals surface area contributed by atoms with Crippen LogP contribution in [-0.4, -0.2) is 56.0 Å². The smallest absolute Gasteiger partial charge is 0.160 e. The highest BCUT2D eigenvalue weighted by atomic mass is 32.2. The second-order valence-electron chi connectivity index (χ2n) is 17.0. The SMILES string of the molecule is CC1(C)N=C(c2cccc(-c3cc(-c4cccc(C5=NC(C)(C)C(C)(C)S5)c4)nc(-c4cccc(C5=NC(C)(C)C(C)(C)S5)c4)n3)c2)SC1(C)C. The van der Waals surface area contributed by atoms with E-state index >= 15 is 0 Å². The lowest BCUT2D eigenvalue weighted by Gasteiger charge is -2.30. The van der Waals surface area contributed by atoms with Crippen LogP contribution in [0.15, 0.2) is 93.8 Å². The lowest BCUT2D eigenvalue weighted by Crippen LogP contribution is -2.36. The first-order chi connectivity index (χ1) is 23.7. The highest BCUT2D eigenvalue weighted by molar-refractivity contribution is 8.16. The van der Waals surface area contributed by atoms with Crippen LogP contribution in [0.4, 0.5) is 0 Å². The van der Waals surface area contributed by atoms with Gasteiger partial charge in [0, 0.05) is 47.6 Å². The van der Waals surface area contributed by atoms with Crippen LogP contribution in [0.5, 0.6) is 0 Å². The summed E-state index contributed by atoms with van der Waals surface area (Å²) in [6, 6.07) is 28.0. The van der Waals surface area contributed by atoms with E-state index in [1.807, 2.05) is 35.3 Å². The van der Waals surface area contributed by atoms with Gasteiger partial charge in [-0.15, -0.1) is 0 Å². The fraction of sp³-hybridized carbons (Fsp3) is 0.419. The van der Waals surface area contributed by atoms with Gasteiger partial charge in [0.15, 0.2) is 5.82 Å². The molecule has 5 nitrogen and oxygen atoms in total. The van der Waals surface area contributed by atoms with Crippen LogP contribution >= 0.6 is 35.3 Å². The van der Waals surface area contributed by atoms with Gasteiger partial charge in [-0.05, 0) is 107 Å². The highest BCUT2D eigenvalue weighted by Gasteiger charge is 2.46. The Labute approximate surface area is 317 Å². The van der Waals surface area contributed by atoms with E-state index in [9.17, 15) is 0 Å². The number of aromatic nitrogens is 2. The molecule has 7 rings (SSSR count). The predicted molar refractivity (Wildman–Crippen MR) is 225 cm³/mol. The summed E-state index contributed by atoms with van der Waals surface area (Å²) >= 11 is 5.54. The van der Waals surface area contributed by atoms with E-state index in [0.717, 1.165) is 59.9 Å². The number of hydrogen-bond donors (Lipinski definition) is 0. The summed E-state index contributed by atoms with van der Waals surface area (Å²) in [5.41, 5.74) is 7.63.